The van der Waals surface area contributed by atoms with Crippen LogP contribution in [0.3, 0.4) is 0 Å². The van der Waals surface area contributed by atoms with Gasteiger partial charge in [-0.1, -0.05) is 60.4 Å². The van der Waals surface area contributed by atoms with Crippen molar-refractivity contribution < 1.29 is 4.79 Å². The molecule has 1 aliphatic rings. The molecule has 10 heteroatoms. The van der Waals surface area contributed by atoms with Gasteiger partial charge in [-0.25, -0.2) is 4.98 Å². The van der Waals surface area contributed by atoms with E-state index in [1.54, 1.807) is 16.3 Å². The van der Waals surface area contributed by atoms with Crippen molar-refractivity contribution in [3.8, 4) is 0 Å². The molecule has 2 aromatic heterocycles. The number of nitrogens with zero attached hydrogens (tertiary/aromatic N) is 4. The summed E-state index contributed by atoms with van der Waals surface area (Å²) in [5.74, 6) is -0.0408. The minimum atomic E-state index is -0.191. The zero-order valence-corrected chi connectivity index (χ0v) is 19.1. The molecule has 30 heavy (non-hydrogen) atoms. The van der Waals surface area contributed by atoms with Gasteiger partial charge in [0, 0.05) is 18.2 Å². The summed E-state index contributed by atoms with van der Waals surface area (Å²) in [7, 11) is 0. The Bertz CT molecular complexity index is 1110. The number of carbonyl (C=O) groups is 1. The molecule has 3 heterocycles. The van der Waals surface area contributed by atoms with E-state index in [4.69, 9.17) is 4.98 Å². The van der Waals surface area contributed by atoms with Crippen LogP contribution in [0.15, 0.2) is 45.2 Å². The van der Waals surface area contributed by atoms with Crippen LogP contribution >= 0.6 is 34.9 Å². The first-order valence-corrected chi connectivity index (χ1v) is 12.2. The van der Waals surface area contributed by atoms with E-state index in [-0.39, 0.29) is 17.2 Å². The summed E-state index contributed by atoms with van der Waals surface area (Å²) in [6.45, 7) is 4.46. The van der Waals surface area contributed by atoms with Crippen LogP contribution in [0, 0.1) is 6.92 Å². The third-order valence-corrected chi connectivity index (χ3v) is 7.48. The number of hydrogen-bond acceptors (Lipinski definition) is 8. The highest BCUT2D eigenvalue weighted by Crippen LogP contribution is 2.34. The SMILES string of the molecule is Cc1nnc(NC(=O)CSc2nc3c(c(=O)n2CCc2ccccc2)S[C@H](C)C3)s1. The van der Waals surface area contributed by atoms with Gasteiger partial charge in [0.15, 0.2) is 5.16 Å². The Kier molecular flexibility index (Phi) is 6.55. The molecule has 0 fully saturated rings. The number of benzene rings is 1. The van der Waals surface area contributed by atoms with Crippen LogP contribution in [0.4, 0.5) is 5.13 Å². The number of carbonyl (C=O) groups excluding carboxylic acids is 1. The van der Waals surface area contributed by atoms with Crippen molar-refractivity contribution in [3.63, 3.8) is 0 Å². The summed E-state index contributed by atoms with van der Waals surface area (Å²) in [5.41, 5.74) is 2.00. The third kappa shape index (κ3) is 4.93. The summed E-state index contributed by atoms with van der Waals surface area (Å²) < 4.78 is 1.71. The zero-order valence-electron chi connectivity index (χ0n) is 16.6. The van der Waals surface area contributed by atoms with Crippen LogP contribution in [0.25, 0.3) is 0 Å². The number of nitrogens with one attached hydrogen (secondary N) is 1. The van der Waals surface area contributed by atoms with Crippen LogP contribution < -0.4 is 10.9 Å². The van der Waals surface area contributed by atoms with Crippen molar-refractivity contribution in [2.75, 3.05) is 11.1 Å². The van der Waals surface area contributed by atoms with Crippen molar-refractivity contribution in [2.45, 2.75) is 48.5 Å². The maximum Gasteiger partial charge on any atom is 0.268 e. The smallest absolute Gasteiger partial charge is 0.268 e. The Hall–Kier alpha value is -2.17. The molecule has 1 amide bonds. The van der Waals surface area contributed by atoms with Crippen molar-refractivity contribution in [1.29, 1.82) is 0 Å². The largest absolute Gasteiger partial charge is 0.300 e. The predicted molar refractivity (Wildman–Crippen MR) is 122 cm³/mol. The number of aromatic nitrogens is 4. The molecule has 3 aromatic rings. The first-order chi connectivity index (χ1) is 14.5. The lowest BCUT2D eigenvalue weighted by atomic mass is 10.1. The van der Waals surface area contributed by atoms with E-state index < -0.39 is 0 Å². The van der Waals surface area contributed by atoms with Gasteiger partial charge in [0.1, 0.15) is 5.01 Å². The molecule has 1 aromatic carbocycles. The highest BCUT2D eigenvalue weighted by atomic mass is 32.2. The number of thioether (sulfide) groups is 2. The van der Waals surface area contributed by atoms with E-state index in [0.717, 1.165) is 34.0 Å². The number of anilines is 1. The van der Waals surface area contributed by atoms with Gasteiger partial charge < -0.3 is 0 Å². The maximum absolute atomic E-state index is 13.2. The van der Waals surface area contributed by atoms with Gasteiger partial charge in [0.05, 0.1) is 16.3 Å². The highest BCUT2D eigenvalue weighted by molar-refractivity contribution is 8.00. The van der Waals surface area contributed by atoms with Gasteiger partial charge in [0.2, 0.25) is 11.0 Å². The number of hydrogen-bond donors (Lipinski definition) is 1. The highest BCUT2D eigenvalue weighted by Gasteiger charge is 2.26. The average molecular weight is 460 g/mol. The number of rotatable bonds is 7. The minimum Gasteiger partial charge on any atom is -0.300 e. The Morgan fingerprint density at radius 2 is 2.10 bits per heavy atom. The first kappa shape index (κ1) is 21.1. The van der Waals surface area contributed by atoms with Gasteiger partial charge in [-0.2, -0.15) is 0 Å². The number of fused-ring (bicyclic) bond motifs is 1. The first-order valence-electron chi connectivity index (χ1n) is 9.56. The lowest BCUT2D eigenvalue weighted by Crippen LogP contribution is -2.27. The molecule has 0 saturated carbocycles. The van der Waals surface area contributed by atoms with Crippen LogP contribution in [0.5, 0.6) is 0 Å². The fourth-order valence-corrected chi connectivity index (χ4v) is 5.72. The van der Waals surface area contributed by atoms with Gasteiger partial charge in [0.25, 0.3) is 5.56 Å². The molecule has 0 saturated heterocycles. The molecule has 7 nitrogen and oxygen atoms in total. The molecule has 0 spiro atoms. The van der Waals surface area contributed by atoms with E-state index in [1.807, 2.05) is 37.3 Å². The van der Waals surface area contributed by atoms with E-state index in [2.05, 4.69) is 22.4 Å². The van der Waals surface area contributed by atoms with Gasteiger partial charge >= 0.3 is 0 Å². The second-order valence-electron chi connectivity index (χ2n) is 6.96. The maximum atomic E-state index is 13.2. The second-order valence-corrected chi connectivity index (χ2v) is 10.5. The molecule has 0 aliphatic carbocycles. The lowest BCUT2D eigenvalue weighted by molar-refractivity contribution is -0.113. The van der Waals surface area contributed by atoms with E-state index >= 15 is 0 Å². The summed E-state index contributed by atoms with van der Waals surface area (Å²) in [5, 5.41) is 12.8. The Morgan fingerprint density at radius 1 is 1.30 bits per heavy atom. The fourth-order valence-electron chi connectivity index (χ4n) is 3.16. The Morgan fingerprint density at radius 3 is 2.83 bits per heavy atom. The Balaban J connectivity index is 1.53. The monoisotopic (exact) mass is 459 g/mol. The number of aryl methyl sites for hydroxylation is 2. The molecule has 0 radical (unpaired) electrons. The summed E-state index contributed by atoms with van der Waals surface area (Å²) in [6, 6.07) is 10.1. The molecule has 156 valence electrons. The van der Waals surface area contributed by atoms with Crippen molar-refractivity contribution in [3.05, 3.63) is 57.0 Å². The van der Waals surface area contributed by atoms with Gasteiger partial charge in [-0.15, -0.1) is 22.0 Å². The van der Waals surface area contributed by atoms with Crippen molar-refractivity contribution >= 4 is 45.9 Å². The molecule has 0 unspecified atom stereocenters. The van der Waals surface area contributed by atoms with Gasteiger partial charge in [-0.3, -0.25) is 19.5 Å². The van der Waals surface area contributed by atoms with E-state index in [0.29, 0.717) is 22.1 Å². The topological polar surface area (TPSA) is 89.8 Å². The molecule has 4 rings (SSSR count). The van der Waals surface area contributed by atoms with E-state index in [9.17, 15) is 9.59 Å². The molecule has 1 atom stereocenters. The van der Waals surface area contributed by atoms with Crippen molar-refractivity contribution in [2.24, 2.45) is 0 Å². The van der Waals surface area contributed by atoms with Crippen LogP contribution in [0.1, 0.15) is 23.2 Å². The van der Waals surface area contributed by atoms with Crippen LogP contribution in [0.2, 0.25) is 0 Å². The predicted octanol–water partition coefficient (Wildman–Crippen LogP) is 3.41. The summed E-state index contributed by atoms with van der Waals surface area (Å²) >= 11 is 4.21. The fraction of sp³-hybridized carbons (Fsp3) is 0.350. The number of amides is 1. The lowest BCUT2D eigenvalue weighted by Gasteiger charge is -2.13. The Labute approximate surface area is 186 Å². The summed E-state index contributed by atoms with van der Waals surface area (Å²) in [6.07, 6.45) is 1.50. The van der Waals surface area contributed by atoms with Crippen molar-refractivity contribution in [1.82, 2.24) is 19.7 Å². The third-order valence-electron chi connectivity index (χ3n) is 4.53. The molecule has 1 aliphatic heterocycles. The normalized spacial score (nSPS) is 15.2. The van der Waals surface area contributed by atoms with E-state index in [1.165, 1.54) is 23.1 Å². The second kappa shape index (κ2) is 9.32. The standard InChI is InChI=1S/C20H21N5O2S3/c1-12-10-15-17(29-12)18(27)25(9-8-14-6-4-3-5-7-14)20(21-15)28-11-16(26)22-19-24-23-13(2)30-19/h3-7,12H,8-11H2,1-2H3,(H,22,24,26)/t12-/m1/s1. The van der Waals surface area contributed by atoms with Gasteiger partial charge in [-0.05, 0) is 18.9 Å². The molecular formula is C20H21N5O2S3. The van der Waals surface area contributed by atoms with Crippen LogP contribution in [-0.4, -0.2) is 36.7 Å². The average Bonchev–Trinajstić information content (AvgIpc) is 3.31. The minimum absolute atomic E-state index is 0.00654. The molecule has 1 N–H and O–H groups in total. The zero-order chi connectivity index (χ0) is 21.1. The summed E-state index contributed by atoms with van der Waals surface area (Å²) in [4.78, 5) is 31.0. The quantitative estimate of drug-likeness (QED) is 0.428. The van der Waals surface area contributed by atoms with Crippen LogP contribution in [-0.2, 0) is 24.2 Å². The molecular weight excluding hydrogens is 438 g/mol. The molecule has 0 bridgehead atoms.